The third-order valence-electron chi connectivity index (χ3n) is 4.45. The molecule has 5 N–H and O–H groups in total. The Balaban J connectivity index is 2.33. The molecular weight excluding hydrogens is 467 g/mol. The fraction of sp³-hybridized carbons (Fsp3) is 0.278. The average molecular weight is 488 g/mol. The first kappa shape index (κ1) is 25.4. The van der Waals surface area contributed by atoms with Crippen molar-refractivity contribution in [2.24, 2.45) is 5.73 Å². The molecule has 2 aromatic carbocycles. The molecule has 3 atom stereocenters. The molecule has 0 amide bonds. The highest BCUT2D eigenvalue weighted by Gasteiger charge is 2.34. The number of rotatable bonds is 10. The van der Waals surface area contributed by atoms with Gasteiger partial charge in [0, 0.05) is 12.2 Å². The van der Waals surface area contributed by atoms with Crippen LogP contribution in [0.1, 0.15) is 23.4 Å². The number of carboxylic acid groups (broad SMARTS) is 1. The second kappa shape index (κ2) is 9.76. The van der Waals surface area contributed by atoms with Gasteiger partial charge in [-0.2, -0.15) is 8.42 Å². The Hall–Kier alpha value is -2.83. The summed E-state index contributed by atoms with van der Waals surface area (Å²) < 4.78 is 42.2. The number of nitrogens with two attached hydrogens (primary N) is 1. The number of aliphatic hydroxyl groups is 1. The quantitative estimate of drug-likeness (QED) is 0.164. The first-order valence-electron chi connectivity index (χ1n) is 9.02. The predicted octanol–water partition coefficient (Wildman–Crippen LogP) is 1.73. The minimum atomic E-state index is -4.43. The number of aryl methyl sites for hydroxylation is 1. The zero-order valence-electron chi connectivity index (χ0n) is 16.7. The molecule has 0 heterocycles. The summed E-state index contributed by atoms with van der Waals surface area (Å²) in [4.78, 5) is 31.1. The molecular formula is C18H21N2O10PS. The lowest BCUT2D eigenvalue weighted by Crippen LogP contribution is -2.31. The molecule has 2 aromatic rings. The van der Waals surface area contributed by atoms with Gasteiger partial charge in [-0.15, -0.1) is 0 Å². The highest BCUT2D eigenvalue weighted by atomic mass is 32.2. The number of aliphatic carboxylic acids is 1. The molecule has 0 aromatic heterocycles. The van der Waals surface area contributed by atoms with Gasteiger partial charge in [-0.25, -0.2) is 0 Å². The van der Waals surface area contributed by atoms with Crippen molar-refractivity contribution in [3.8, 4) is 5.75 Å². The number of carboxylic acids is 1. The van der Waals surface area contributed by atoms with E-state index in [1.165, 1.54) is 24.3 Å². The lowest BCUT2D eigenvalue weighted by atomic mass is 10.2. The van der Waals surface area contributed by atoms with Crippen LogP contribution >= 0.6 is 7.37 Å². The normalized spacial score (nSPS) is 15.4. The van der Waals surface area contributed by atoms with Crippen LogP contribution in [0.3, 0.4) is 0 Å². The van der Waals surface area contributed by atoms with Crippen LogP contribution in [-0.4, -0.2) is 46.6 Å². The minimum absolute atomic E-state index is 0.240. The van der Waals surface area contributed by atoms with E-state index in [1.54, 1.807) is 6.92 Å². The van der Waals surface area contributed by atoms with Crippen molar-refractivity contribution in [2.45, 2.75) is 30.1 Å². The average Bonchev–Trinajstić information content (AvgIpc) is 2.71. The number of nitro groups is 1. The fourth-order valence-electron chi connectivity index (χ4n) is 2.58. The van der Waals surface area contributed by atoms with Crippen LogP contribution < -0.4 is 9.92 Å². The number of hydrogen-bond acceptors (Lipinski definition) is 9. The van der Waals surface area contributed by atoms with Crippen LogP contribution in [0.25, 0.3) is 0 Å². The monoisotopic (exact) mass is 488 g/mol. The van der Waals surface area contributed by atoms with Gasteiger partial charge in [-0.1, -0.05) is 23.8 Å². The van der Waals surface area contributed by atoms with E-state index in [1.807, 2.05) is 0 Å². The van der Waals surface area contributed by atoms with Crippen molar-refractivity contribution in [3.63, 3.8) is 0 Å². The number of benzene rings is 2. The zero-order chi connectivity index (χ0) is 24.3. The van der Waals surface area contributed by atoms with Gasteiger partial charge in [-0.3, -0.25) is 19.5 Å². The van der Waals surface area contributed by atoms with Gasteiger partial charge in [0.05, 0.1) is 4.92 Å². The molecule has 174 valence electrons. The van der Waals surface area contributed by atoms with Crippen LogP contribution in [0, 0.1) is 17.0 Å². The van der Waals surface area contributed by atoms with Crippen LogP contribution in [0.2, 0.25) is 0 Å². The molecule has 2 rings (SSSR count). The largest absolute Gasteiger partial charge is 0.480 e. The van der Waals surface area contributed by atoms with Gasteiger partial charge in [0.25, 0.3) is 0 Å². The van der Waals surface area contributed by atoms with Crippen LogP contribution in [0.4, 0.5) is 5.69 Å². The number of hydrogen-bond donors (Lipinski definition) is 4. The van der Waals surface area contributed by atoms with Crippen LogP contribution in [-0.2, 0) is 19.5 Å². The molecule has 0 saturated heterocycles. The fourth-order valence-corrected chi connectivity index (χ4v) is 5.04. The highest BCUT2D eigenvalue weighted by molar-refractivity contribution is 7.87. The molecule has 2 unspecified atom stereocenters. The van der Waals surface area contributed by atoms with E-state index in [4.69, 9.17) is 15.0 Å². The van der Waals surface area contributed by atoms with E-state index >= 15 is 0 Å². The van der Waals surface area contributed by atoms with Crippen molar-refractivity contribution < 1.29 is 42.0 Å². The molecule has 14 heteroatoms. The van der Waals surface area contributed by atoms with E-state index in [-0.39, 0.29) is 10.5 Å². The van der Waals surface area contributed by atoms with Gasteiger partial charge >= 0.3 is 21.8 Å². The molecule has 0 aliphatic carbocycles. The van der Waals surface area contributed by atoms with Gasteiger partial charge in [-0.05, 0) is 37.1 Å². The number of aliphatic hydroxyl groups excluding tert-OH is 1. The van der Waals surface area contributed by atoms with Crippen molar-refractivity contribution in [3.05, 3.63) is 63.7 Å². The van der Waals surface area contributed by atoms with Crippen molar-refractivity contribution in [2.75, 3.05) is 6.16 Å². The first-order chi connectivity index (χ1) is 14.7. The molecule has 0 aliphatic heterocycles. The Labute approximate surface area is 183 Å². The Bertz CT molecular complexity index is 1170. The third-order valence-corrected chi connectivity index (χ3v) is 7.66. The lowest BCUT2D eigenvalue weighted by Gasteiger charge is -2.19. The molecule has 0 saturated carbocycles. The Morgan fingerprint density at radius 2 is 1.84 bits per heavy atom. The summed E-state index contributed by atoms with van der Waals surface area (Å²) in [5.41, 5.74) is 4.85. The lowest BCUT2D eigenvalue weighted by molar-refractivity contribution is -0.385. The molecule has 0 aliphatic rings. The summed E-state index contributed by atoms with van der Waals surface area (Å²) in [5.74, 6) is -4.15. The third kappa shape index (κ3) is 6.11. The maximum atomic E-state index is 12.4. The Morgan fingerprint density at radius 1 is 1.25 bits per heavy atom. The van der Waals surface area contributed by atoms with E-state index in [0.29, 0.717) is 6.07 Å². The SMILES string of the molecule is Cc1ccc(S(=O)(=O)Oc2ccc(C(O)P(=O)(O)CC[C@H](N)C(=O)O)cc2[N+](=O)[O-])cc1. The molecule has 12 nitrogen and oxygen atoms in total. The van der Waals surface area contributed by atoms with E-state index in [9.17, 15) is 37.9 Å². The van der Waals surface area contributed by atoms with Crippen molar-refractivity contribution in [1.29, 1.82) is 0 Å². The summed E-state index contributed by atoms with van der Waals surface area (Å²) in [7, 11) is -8.84. The standard InChI is InChI=1S/C18H21N2O10PS/c1-11-2-5-13(6-3-11)32(28,29)30-16-7-4-12(10-15(16)20(24)25)18(23)31(26,27)9-8-14(19)17(21)22/h2-7,10,14,18,23H,8-9,19H2,1H3,(H,21,22)(H,26,27)/t14-,18?/m0/s1. The minimum Gasteiger partial charge on any atom is -0.480 e. The summed E-state index contributed by atoms with van der Waals surface area (Å²) in [6, 6.07) is 6.71. The van der Waals surface area contributed by atoms with Gasteiger partial charge in [0.2, 0.25) is 13.1 Å². The molecule has 0 radical (unpaired) electrons. The van der Waals surface area contributed by atoms with Crippen LogP contribution in [0.5, 0.6) is 5.75 Å². The Morgan fingerprint density at radius 3 is 2.38 bits per heavy atom. The highest BCUT2D eigenvalue weighted by Crippen LogP contribution is 2.55. The second-order valence-electron chi connectivity index (χ2n) is 6.92. The smallest absolute Gasteiger partial charge is 0.339 e. The Kier molecular flexibility index (Phi) is 7.75. The van der Waals surface area contributed by atoms with E-state index in [0.717, 1.165) is 17.7 Å². The topological polar surface area (TPSA) is 207 Å². The molecule has 32 heavy (non-hydrogen) atoms. The summed E-state index contributed by atoms with van der Waals surface area (Å²) in [6.45, 7) is 1.74. The summed E-state index contributed by atoms with van der Waals surface area (Å²) in [6.07, 6.45) is -1.08. The zero-order valence-corrected chi connectivity index (χ0v) is 18.4. The molecule has 0 fully saturated rings. The number of carbonyl (C=O) groups is 1. The number of nitrogens with zero attached hydrogens (tertiary/aromatic N) is 1. The van der Waals surface area contributed by atoms with E-state index in [2.05, 4.69) is 0 Å². The van der Waals surface area contributed by atoms with Crippen molar-refractivity contribution >= 4 is 29.1 Å². The van der Waals surface area contributed by atoms with Crippen molar-refractivity contribution in [1.82, 2.24) is 0 Å². The van der Waals surface area contributed by atoms with Crippen LogP contribution in [0.15, 0.2) is 47.4 Å². The summed E-state index contributed by atoms with van der Waals surface area (Å²) >= 11 is 0. The molecule has 0 spiro atoms. The van der Waals surface area contributed by atoms with Gasteiger partial charge < -0.3 is 25.0 Å². The van der Waals surface area contributed by atoms with Gasteiger partial charge in [0.15, 0.2) is 5.85 Å². The number of nitro benzene ring substituents is 1. The predicted molar refractivity (Wildman–Crippen MR) is 112 cm³/mol. The van der Waals surface area contributed by atoms with Gasteiger partial charge in [0.1, 0.15) is 10.9 Å². The summed E-state index contributed by atoms with van der Waals surface area (Å²) in [5, 5.41) is 30.4. The molecule has 0 bridgehead atoms. The first-order valence-corrected chi connectivity index (χ1v) is 12.3. The van der Waals surface area contributed by atoms with E-state index < -0.39 is 64.3 Å². The maximum Gasteiger partial charge on any atom is 0.339 e. The maximum absolute atomic E-state index is 12.4. The second-order valence-corrected chi connectivity index (χ2v) is 10.9.